The number of aliphatic hydroxyl groups excluding tert-OH is 1. The Hall–Kier alpha value is 0.0900. The van der Waals surface area contributed by atoms with E-state index in [1.807, 2.05) is 37.3 Å². The quantitative estimate of drug-likeness (QED) is 0.725. The molecule has 1 N–H and O–H groups in total. The first-order chi connectivity index (χ1) is 7.59. The van der Waals surface area contributed by atoms with Gasteiger partial charge >= 0.3 is 0 Å². The Balaban J connectivity index is 2.39. The molecule has 0 spiro atoms. The highest BCUT2D eigenvalue weighted by Crippen LogP contribution is 2.35. The van der Waals surface area contributed by atoms with Gasteiger partial charge < -0.3 is 5.11 Å². The minimum Gasteiger partial charge on any atom is -0.383 e. The molecule has 0 aliphatic heterocycles. The van der Waals surface area contributed by atoms with Crippen LogP contribution >= 0.6 is 49.9 Å². The van der Waals surface area contributed by atoms with E-state index in [0.717, 1.165) is 17.8 Å². The fourth-order valence-electron chi connectivity index (χ4n) is 1.47. The highest BCUT2D eigenvalue weighted by atomic mass is 127. The summed E-state index contributed by atoms with van der Waals surface area (Å²) in [6.07, 6.45) is -0.525. The number of rotatable bonds is 2. The zero-order valence-corrected chi connectivity index (χ0v) is 13.1. The second-order valence-electron chi connectivity index (χ2n) is 3.53. The zero-order chi connectivity index (χ0) is 11.7. The molecule has 0 amide bonds. The van der Waals surface area contributed by atoms with Crippen LogP contribution in [0.5, 0.6) is 0 Å². The molecule has 0 aliphatic carbocycles. The van der Waals surface area contributed by atoms with Gasteiger partial charge in [-0.3, -0.25) is 0 Å². The Kier molecular flexibility index (Phi) is 4.05. The highest BCUT2D eigenvalue weighted by Gasteiger charge is 2.16. The molecule has 2 rings (SSSR count). The van der Waals surface area contributed by atoms with Crippen LogP contribution in [0.3, 0.4) is 0 Å². The van der Waals surface area contributed by atoms with Gasteiger partial charge in [0.05, 0.1) is 3.79 Å². The van der Waals surface area contributed by atoms with Crippen molar-refractivity contribution in [2.75, 3.05) is 0 Å². The summed E-state index contributed by atoms with van der Waals surface area (Å²) in [7, 11) is 0. The third-order valence-corrected chi connectivity index (χ3v) is 5.52. The van der Waals surface area contributed by atoms with E-state index in [0.29, 0.717) is 0 Å². The van der Waals surface area contributed by atoms with Gasteiger partial charge in [0, 0.05) is 8.45 Å². The van der Waals surface area contributed by atoms with Gasteiger partial charge in [-0.15, -0.1) is 11.3 Å². The van der Waals surface area contributed by atoms with E-state index in [1.165, 1.54) is 5.56 Å². The molecule has 16 heavy (non-hydrogen) atoms. The molecule has 0 saturated heterocycles. The molecule has 4 heteroatoms. The van der Waals surface area contributed by atoms with Crippen LogP contribution in [0, 0.1) is 10.5 Å². The largest absolute Gasteiger partial charge is 0.383 e. The number of hydrogen-bond donors (Lipinski definition) is 1. The number of benzene rings is 1. The van der Waals surface area contributed by atoms with Crippen LogP contribution in [0.2, 0.25) is 0 Å². The lowest BCUT2D eigenvalue weighted by Crippen LogP contribution is -1.99. The third kappa shape index (κ3) is 2.50. The van der Waals surface area contributed by atoms with Gasteiger partial charge in [0.15, 0.2) is 0 Å². The number of aliphatic hydroxyl groups is 1. The normalized spacial score (nSPS) is 12.8. The van der Waals surface area contributed by atoms with Crippen molar-refractivity contribution in [1.82, 2.24) is 0 Å². The van der Waals surface area contributed by atoms with Crippen LogP contribution in [0.25, 0.3) is 0 Å². The fraction of sp³-hybridized carbons (Fsp3) is 0.167. The summed E-state index contributed by atoms with van der Waals surface area (Å²) in [6.45, 7) is 2.03. The topological polar surface area (TPSA) is 20.2 Å². The number of aryl methyl sites for hydroxylation is 1. The molecule has 84 valence electrons. The van der Waals surface area contributed by atoms with Crippen molar-refractivity contribution in [1.29, 1.82) is 0 Å². The van der Waals surface area contributed by atoms with E-state index in [4.69, 9.17) is 0 Å². The zero-order valence-electron chi connectivity index (χ0n) is 8.58. The van der Waals surface area contributed by atoms with Crippen molar-refractivity contribution >= 4 is 49.9 Å². The van der Waals surface area contributed by atoms with E-state index >= 15 is 0 Å². The molecular weight excluding hydrogens is 399 g/mol. The van der Waals surface area contributed by atoms with Gasteiger partial charge in [-0.25, -0.2) is 0 Å². The second kappa shape index (κ2) is 5.16. The van der Waals surface area contributed by atoms with Gasteiger partial charge in [0.25, 0.3) is 0 Å². The molecule has 1 atom stereocenters. The van der Waals surface area contributed by atoms with Crippen molar-refractivity contribution in [3.8, 4) is 0 Å². The monoisotopic (exact) mass is 408 g/mol. The third-order valence-electron chi connectivity index (χ3n) is 2.35. The van der Waals surface area contributed by atoms with E-state index in [2.05, 4.69) is 38.5 Å². The molecule has 0 aliphatic rings. The Morgan fingerprint density at radius 3 is 2.62 bits per heavy atom. The molecule has 0 radical (unpaired) electrons. The molecule has 1 heterocycles. The van der Waals surface area contributed by atoms with Crippen molar-refractivity contribution < 1.29 is 5.11 Å². The van der Waals surface area contributed by atoms with Gasteiger partial charge in [-0.1, -0.05) is 18.2 Å². The van der Waals surface area contributed by atoms with Crippen molar-refractivity contribution in [2.24, 2.45) is 0 Å². The molecule has 1 unspecified atom stereocenters. The van der Waals surface area contributed by atoms with Crippen LogP contribution < -0.4 is 0 Å². The van der Waals surface area contributed by atoms with E-state index in [1.54, 1.807) is 11.3 Å². The van der Waals surface area contributed by atoms with Crippen LogP contribution in [-0.4, -0.2) is 5.11 Å². The predicted octanol–water partition coefficient (Wildman–Crippen LogP) is 4.51. The maximum atomic E-state index is 10.3. The predicted molar refractivity (Wildman–Crippen MR) is 80.0 cm³/mol. The molecule has 1 aromatic heterocycles. The first kappa shape index (κ1) is 12.5. The second-order valence-corrected chi connectivity index (χ2v) is 7.09. The first-order valence-electron chi connectivity index (χ1n) is 4.78. The van der Waals surface area contributed by atoms with Gasteiger partial charge in [-0.05, 0) is 68.7 Å². The molecule has 0 saturated carbocycles. The summed E-state index contributed by atoms with van der Waals surface area (Å²) in [6, 6.07) is 9.94. The van der Waals surface area contributed by atoms with E-state index in [-0.39, 0.29) is 0 Å². The van der Waals surface area contributed by atoms with Crippen LogP contribution in [0.1, 0.15) is 22.1 Å². The molecule has 0 fully saturated rings. The number of halogens is 2. The maximum absolute atomic E-state index is 10.3. The SMILES string of the molecule is Cc1cc(C(O)c2ccccc2I)sc1Br. The number of thiophene rings is 1. The van der Waals surface area contributed by atoms with Crippen molar-refractivity contribution in [3.05, 3.63) is 53.7 Å². The Morgan fingerprint density at radius 1 is 1.38 bits per heavy atom. The Morgan fingerprint density at radius 2 is 2.06 bits per heavy atom. The summed E-state index contributed by atoms with van der Waals surface area (Å²) in [4.78, 5) is 0.980. The molecule has 1 aromatic carbocycles. The number of hydrogen-bond acceptors (Lipinski definition) is 2. The summed E-state index contributed by atoms with van der Waals surface area (Å²) in [5, 5.41) is 10.3. The van der Waals surface area contributed by atoms with Crippen molar-refractivity contribution in [2.45, 2.75) is 13.0 Å². The van der Waals surface area contributed by atoms with Gasteiger partial charge in [0.1, 0.15) is 6.10 Å². The standard InChI is InChI=1S/C12H10BrIOS/c1-7-6-10(16-12(7)13)11(15)8-4-2-3-5-9(8)14/h2-6,11,15H,1H3. The van der Waals surface area contributed by atoms with Crippen LogP contribution in [0.15, 0.2) is 34.1 Å². The summed E-state index contributed by atoms with van der Waals surface area (Å²) >= 11 is 7.32. The molecule has 0 bridgehead atoms. The lowest BCUT2D eigenvalue weighted by atomic mass is 10.1. The minimum absolute atomic E-state index is 0.525. The lowest BCUT2D eigenvalue weighted by Gasteiger charge is -2.10. The summed E-state index contributed by atoms with van der Waals surface area (Å²) in [5.41, 5.74) is 2.14. The molecular formula is C12H10BrIOS. The first-order valence-corrected chi connectivity index (χ1v) is 7.46. The average molecular weight is 409 g/mol. The summed E-state index contributed by atoms with van der Waals surface area (Å²) < 4.78 is 2.18. The van der Waals surface area contributed by atoms with Crippen LogP contribution in [0.4, 0.5) is 0 Å². The average Bonchev–Trinajstić information content (AvgIpc) is 2.59. The van der Waals surface area contributed by atoms with E-state index < -0.39 is 6.10 Å². The lowest BCUT2D eigenvalue weighted by molar-refractivity contribution is 0.223. The van der Waals surface area contributed by atoms with Gasteiger partial charge in [-0.2, -0.15) is 0 Å². The minimum atomic E-state index is -0.525. The van der Waals surface area contributed by atoms with Crippen LogP contribution in [-0.2, 0) is 0 Å². The molecule has 1 nitrogen and oxygen atoms in total. The van der Waals surface area contributed by atoms with Gasteiger partial charge in [0.2, 0.25) is 0 Å². The molecule has 2 aromatic rings. The summed E-state index contributed by atoms with van der Waals surface area (Å²) in [5.74, 6) is 0. The Labute approximate surface area is 121 Å². The highest BCUT2D eigenvalue weighted by molar-refractivity contribution is 14.1. The van der Waals surface area contributed by atoms with Crippen molar-refractivity contribution in [3.63, 3.8) is 0 Å². The Bertz CT molecular complexity index is 490. The smallest absolute Gasteiger partial charge is 0.114 e. The fourth-order valence-corrected chi connectivity index (χ4v) is 3.73. The maximum Gasteiger partial charge on any atom is 0.114 e. The van der Waals surface area contributed by atoms with E-state index in [9.17, 15) is 5.11 Å².